The number of hydrogen-bond acceptors (Lipinski definition) is 7. The van der Waals surface area contributed by atoms with Crippen molar-refractivity contribution in [1.82, 2.24) is 14.8 Å². The van der Waals surface area contributed by atoms with Gasteiger partial charge in [0, 0.05) is 6.54 Å². The highest BCUT2D eigenvalue weighted by Gasteiger charge is 2.21. The molecule has 9 heteroatoms. The number of methoxy groups -OCH3 is 2. The molecule has 0 aliphatic heterocycles. The van der Waals surface area contributed by atoms with Crippen LogP contribution in [0.1, 0.15) is 15.9 Å². The Hall–Kier alpha value is -3.78. The van der Waals surface area contributed by atoms with E-state index in [2.05, 4.69) is 15.4 Å². The first-order chi connectivity index (χ1) is 15.1. The zero-order chi connectivity index (χ0) is 21.8. The lowest BCUT2D eigenvalue weighted by Crippen LogP contribution is -2.18. The minimum atomic E-state index is -0.411. The number of halogens is 1. The molecule has 0 amide bonds. The van der Waals surface area contributed by atoms with Gasteiger partial charge in [-0.2, -0.15) is 9.67 Å². The number of nitrogens with zero attached hydrogens (tertiary/aromatic N) is 3. The van der Waals surface area contributed by atoms with E-state index in [9.17, 15) is 4.79 Å². The van der Waals surface area contributed by atoms with E-state index in [0.29, 0.717) is 34.4 Å². The van der Waals surface area contributed by atoms with E-state index in [0.717, 1.165) is 5.56 Å². The van der Waals surface area contributed by atoms with Gasteiger partial charge in [0.05, 0.1) is 31.1 Å². The number of rotatable bonds is 7. The summed E-state index contributed by atoms with van der Waals surface area (Å²) in [5, 5.41) is 7.83. The molecule has 2 aromatic carbocycles. The van der Waals surface area contributed by atoms with Gasteiger partial charge in [0.2, 0.25) is 11.8 Å². The first-order valence-electron chi connectivity index (χ1n) is 9.35. The predicted octanol–water partition coefficient (Wildman–Crippen LogP) is 4.51. The minimum absolute atomic E-state index is 0.256. The Morgan fingerprint density at radius 3 is 2.61 bits per heavy atom. The standard InChI is InChI=1S/C22H19ClN4O4/c1-29-17-10-9-14(12-19(17)30-2)13-24-22-25-20(18-8-5-11-31-18)26-27(22)21(28)15-6-3-4-7-16(15)23/h3-12H,13H2,1-2H3,(H,24,25,26). The molecule has 2 aromatic heterocycles. The van der Waals surface area contributed by atoms with Gasteiger partial charge in [0.25, 0.3) is 5.91 Å². The Labute approximate surface area is 183 Å². The van der Waals surface area contributed by atoms with Crippen LogP contribution in [0, 0.1) is 0 Å². The molecule has 0 fully saturated rings. The molecule has 4 rings (SSSR count). The average molecular weight is 439 g/mol. The minimum Gasteiger partial charge on any atom is -0.493 e. The maximum absolute atomic E-state index is 13.1. The van der Waals surface area contributed by atoms with Gasteiger partial charge in [-0.1, -0.05) is 29.8 Å². The van der Waals surface area contributed by atoms with Crippen molar-refractivity contribution in [2.45, 2.75) is 6.54 Å². The van der Waals surface area contributed by atoms with Crippen molar-refractivity contribution in [3.05, 3.63) is 77.0 Å². The van der Waals surface area contributed by atoms with E-state index in [4.69, 9.17) is 25.5 Å². The number of anilines is 1. The van der Waals surface area contributed by atoms with Crippen molar-refractivity contribution in [3.8, 4) is 23.1 Å². The zero-order valence-corrected chi connectivity index (χ0v) is 17.6. The maximum atomic E-state index is 13.1. The van der Waals surface area contributed by atoms with Gasteiger partial charge in [-0.15, -0.1) is 5.10 Å². The third-order valence-electron chi connectivity index (χ3n) is 4.54. The number of carbonyl (C=O) groups is 1. The highest BCUT2D eigenvalue weighted by Crippen LogP contribution is 2.28. The van der Waals surface area contributed by atoms with Gasteiger partial charge >= 0.3 is 0 Å². The molecule has 31 heavy (non-hydrogen) atoms. The molecule has 0 saturated carbocycles. The number of hydrogen-bond donors (Lipinski definition) is 1. The summed E-state index contributed by atoms with van der Waals surface area (Å²) in [6.07, 6.45) is 1.52. The number of furan rings is 1. The predicted molar refractivity (Wildman–Crippen MR) is 116 cm³/mol. The Morgan fingerprint density at radius 2 is 1.90 bits per heavy atom. The summed E-state index contributed by atoms with van der Waals surface area (Å²) in [5.41, 5.74) is 1.21. The molecular weight excluding hydrogens is 420 g/mol. The summed E-state index contributed by atoms with van der Waals surface area (Å²) in [6, 6.07) is 15.8. The third-order valence-corrected chi connectivity index (χ3v) is 4.87. The monoisotopic (exact) mass is 438 g/mol. The van der Waals surface area contributed by atoms with Crippen molar-refractivity contribution in [3.63, 3.8) is 0 Å². The second kappa shape index (κ2) is 8.93. The first kappa shape index (κ1) is 20.5. The van der Waals surface area contributed by atoms with Crippen LogP contribution < -0.4 is 14.8 Å². The fourth-order valence-corrected chi connectivity index (χ4v) is 3.22. The molecular formula is C22H19ClN4O4. The SMILES string of the molecule is COc1ccc(CNc2nc(-c3ccco3)nn2C(=O)c2ccccc2Cl)cc1OC. The van der Waals surface area contributed by atoms with Crippen LogP contribution >= 0.6 is 11.6 Å². The Kier molecular flexibility index (Phi) is 5.90. The summed E-state index contributed by atoms with van der Waals surface area (Å²) in [5.74, 6) is 1.80. The number of nitrogens with one attached hydrogen (secondary N) is 1. The van der Waals surface area contributed by atoms with Crippen LogP contribution in [0.2, 0.25) is 5.02 Å². The highest BCUT2D eigenvalue weighted by atomic mass is 35.5. The summed E-state index contributed by atoms with van der Waals surface area (Å²) < 4.78 is 17.2. The smallest absolute Gasteiger partial charge is 0.282 e. The van der Waals surface area contributed by atoms with Crippen molar-refractivity contribution < 1.29 is 18.7 Å². The fourth-order valence-electron chi connectivity index (χ4n) is 3.00. The van der Waals surface area contributed by atoms with Crippen LogP contribution in [-0.2, 0) is 6.54 Å². The van der Waals surface area contributed by atoms with Gasteiger partial charge < -0.3 is 19.2 Å². The van der Waals surface area contributed by atoms with Crippen LogP contribution in [0.15, 0.2) is 65.3 Å². The lowest BCUT2D eigenvalue weighted by molar-refractivity contribution is 0.0947. The lowest BCUT2D eigenvalue weighted by Gasteiger charge is -2.11. The molecule has 1 N–H and O–H groups in total. The molecule has 0 spiro atoms. The summed E-state index contributed by atoms with van der Waals surface area (Å²) >= 11 is 6.22. The van der Waals surface area contributed by atoms with Crippen LogP contribution in [0.5, 0.6) is 11.5 Å². The highest BCUT2D eigenvalue weighted by molar-refractivity contribution is 6.33. The lowest BCUT2D eigenvalue weighted by atomic mass is 10.2. The molecule has 0 aliphatic rings. The van der Waals surface area contributed by atoms with E-state index in [1.807, 2.05) is 18.2 Å². The van der Waals surface area contributed by atoms with E-state index in [-0.39, 0.29) is 11.8 Å². The molecule has 0 unspecified atom stereocenters. The van der Waals surface area contributed by atoms with Crippen molar-refractivity contribution in [2.24, 2.45) is 0 Å². The van der Waals surface area contributed by atoms with Crippen LogP contribution in [0.25, 0.3) is 11.6 Å². The zero-order valence-electron chi connectivity index (χ0n) is 16.8. The molecule has 0 radical (unpaired) electrons. The molecule has 0 aliphatic carbocycles. The van der Waals surface area contributed by atoms with Crippen LogP contribution in [-0.4, -0.2) is 34.9 Å². The molecule has 0 bridgehead atoms. The Bertz CT molecular complexity index is 1200. The number of carbonyl (C=O) groups excluding carboxylic acids is 1. The largest absolute Gasteiger partial charge is 0.493 e. The fraction of sp³-hybridized carbons (Fsp3) is 0.136. The first-order valence-corrected chi connectivity index (χ1v) is 9.73. The second-order valence-electron chi connectivity index (χ2n) is 6.48. The van der Waals surface area contributed by atoms with E-state index in [1.165, 1.54) is 10.9 Å². The maximum Gasteiger partial charge on any atom is 0.282 e. The van der Waals surface area contributed by atoms with Gasteiger partial charge in [0.15, 0.2) is 17.3 Å². The van der Waals surface area contributed by atoms with Crippen LogP contribution in [0.3, 0.4) is 0 Å². The van der Waals surface area contributed by atoms with Crippen LogP contribution in [0.4, 0.5) is 5.95 Å². The number of aromatic nitrogens is 3. The molecule has 158 valence electrons. The quantitative estimate of drug-likeness (QED) is 0.454. The van der Waals surface area contributed by atoms with Crippen molar-refractivity contribution in [1.29, 1.82) is 0 Å². The summed E-state index contributed by atoms with van der Waals surface area (Å²) in [4.78, 5) is 17.6. The van der Waals surface area contributed by atoms with Gasteiger partial charge in [0.1, 0.15) is 0 Å². The molecule has 4 aromatic rings. The van der Waals surface area contributed by atoms with E-state index < -0.39 is 5.91 Å². The summed E-state index contributed by atoms with van der Waals surface area (Å²) in [6.45, 7) is 0.368. The van der Waals surface area contributed by atoms with Gasteiger partial charge in [-0.05, 0) is 42.0 Å². The number of ether oxygens (including phenoxy) is 2. The molecule has 0 saturated heterocycles. The molecule has 0 atom stereocenters. The van der Waals surface area contributed by atoms with Crippen molar-refractivity contribution in [2.75, 3.05) is 19.5 Å². The number of benzene rings is 2. The molecule has 8 nitrogen and oxygen atoms in total. The van der Waals surface area contributed by atoms with Crippen molar-refractivity contribution >= 4 is 23.5 Å². The van der Waals surface area contributed by atoms with E-state index in [1.54, 1.807) is 50.6 Å². The Morgan fingerprint density at radius 1 is 1.10 bits per heavy atom. The van der Waals surface area contributed by atoms with Gasteiger partial charge in [-0.3, -0.25) is 4.79 Å². The summed E-state index contributed by atoms with van der Waals surface area (Å²) in [7, 11) is 3.15. The normalized spacial score (nSPS) is 10.7. The molecule has 2 heterocycles. The third kappa shape index (κ3) is 4.24. The Balaban J connectivity index is 1.66. The second-order valence-corrected chi connectivity index (χ2v) is 6.88. The van der Waals surface area contributed by atoms with E-state index >= 15 is 0 Å². The topological polar surface area (TPSA) is 91.4 Å². The average Bonchev–Trinajstić information content (AvgIpc) is 3.47. The van der Waals surface area contributed by atoms with Gasteiger partial charge in [-0.25, -0.2) is 0 Å².